The van der Waals surface area contributed by atoms with E-state index in [0.717, 1.165) is 19.3 Å². The minimum absolute atomic E-state index is 0.250. The first-order chi connectivity index (χ1) is 22.8. The van der Waals surface area contributed by atoms with Gasteiger partial charge in [-0.15, -0.1) is 0 Å². The summed E-state index contributed by atoms with van der Waals surface area (Å²) in [7, 11) is -12.0. The highest BCUT2D eigenvalue weighted by Crippen LogP contribution is 2.25. The number of hydrogen-bond acceptors (Lipinski definition) is 16. The molecule has 0 radical (unpaired) electrons. The van der Waals surface area contributed by atoms with E-state index in [1.165, 1.54) is 0 Å². The fourth-order valence-electron chi connectivity index (χ4n) is 3.93. The van der Waals surface area contributed by atoms with E-state index in [4.69, 9.17) is 63.1 Å². The van der Waals surface area contributed by atoms with Crippen LogP contribution in [0.2, 0.25) is 24.2 Å². The van der Waals surface area contributed by atoms with Crippen LogP contribution in [0.1, 0.15) is 81.1 Å². The van der Waals surface area contributed by atoms with Crippen molar-refractivity contribution < 1.29 is 54.6 Å². The van der Waals surface area contributed by atoms with Crippen LogP contribution < -0.4 is 22.9 Å². The number of nitrogens with two attached hydrogens (primary N) is 4. The Labute approximate surface area is 296 Å². The molecule has 0 aliphatic rings. The first-order valence-corrected chi connectivity index (χ1v) is 25.4. The fourth-order valence-corrected chi connectivity index (χ4v) is 14.4. The van der Waals surface area contributed by atoms with Gasteiger partial charge < -0.3 is 77.5 Å². The Morgan fingerprint density at radius 2 is 0.625 bits per heavy atom. The van der Waals surface area contributed by atoms with Gasteiger partial charge in [-0.2, -0.15) is 0 Å². The van der Waals surface area contributed by atoms with E-state index in [-0.39, 0.29) is 6.61 Å². The van der Waals surface area contributed by atoms with E-state index in [9.17, 15) is 14.4 Å². The zero-order valence-electron chi connectivity index (χ0n) is 31.5. The predicted octanol–water partition coefficient (Wildman–Crippen LogP) is 1.36. The summed E-state index contributed by atoms with van der Waals surface area (Å²) >= 11 is 0. The molecule has 16 nitrogen and oxygen atoms in total. The molecular formula is C28H76N4O12Si4. The van der Waals surface area contributed by atoms with Gasteiger partial charge in [-0.1, -0.05) is 0 Å². The van der Waals surface area contributed by atoms with Gasteiger partial charge in [0.25, 0.3) is 0 Å². The average molecular weight is 773 g/mol. The molecular weight excluding hydrogens is 697 g/mol. The van der Waals surface area contributed by atoms with E-state index in [2.05, 4.69) is 0 Å². The molecule has 0 bridgehead atoms. The van der Waals surface area contributed by atoms with Crippen molar-refractivity contribution in [3.8, 4) is 0 Å². The molecule has 0 fully saturated rings. The monoisotopic (exact) mass is 772 g/mol. The molecule has 12 N–H and O–H groups in total. The van der Waals surface area contributed by atoms with Crippen LogP contribution in [0.5, 0.6) is 0 Å². The summed E-state index contributed by atoms with van der Waals surface area (Å²) in [4.78, 5) is 30.3. The van der Waals surface area contributed by atoms with Gasteiger partial charge in [0, 0.05) is 77.0 Å². The third-order valence-electron chi connectivity index (χ3n) is 5.67. The molecule has 0 aromatic heterocycles. The highest BCUT2D eigenvalue weighted by Gasteiger charge is 2.51. The maximum absolute atomic E-state index is 10.7. The van der Waals surface area contributed by atoms with Crippen LogP contribution >= 0.6 is 0 Å². The van der Waals surface area contributed by atoms with Crippen LogP contribution in [0.4, 0.5) is 0 Å². The molecule has 296 valence electrons. The molecule has 1 unspecified atom stereocenters. The fraction of sp³-hybridized carbons (Fsp3) is 1.00. The van der Waals surface area contributed by atoms with Crippen LogP contribution in [-0.2, 0) is 35.1 Å². The van der Waals surface area contributed by atoms with Crippen molar-refractivity contribution in [2.75, 3.05) is 79.0 Å². The quantitative estimate of drug-likeness (QED) is 0.0522. The maximum atomic E-state index is 10.7. The van der Waals surface area contributed by atoms with Crippen molar-refractivity contribution in [1.29, 1.82) is 0 Å². The van der Waals surface area contributed by atoms with Crippen LogP contribution in [-0.4, -0.2) is 134 Å². The smallest absolute Gasteiger partial charge is 0.397 e. The minimum Gasteiger partial charge on any atom is -0.397 e. The molecule has 0 aliphatic carbocycles. The largest absolute Gasteiger partial charge is 0.498 e. The van der Waals surface area contributed by atoms with Crippen LogP contribution in [0.15, 0.2) is 0 Å². The van der Waals surface area contributed by atoms with Gasteiger partial charge in [0.1, 0.15) is 0 Å². The lowest BCUT2D eigenvalue weighted by Gasteiger charge is -2.35. The Morgan fingerprint density at radius 3 is 0.875 bits per heavy atom. The highest BCUT2D eigenvalue weighted by atomic mass is 28.5. The van der Waals surface area contributed by atoms with Gasteiger partial charge in [0.05, 0.1) is 0 Å². The van der Waals surface area contributed by atoms with Crippen molar-refractivity contribution in [1.82, 2.24) is 0 Å². The molecule has 0 spiro atoms. The normalized spacial score (nSPS) is 13.0. The van der Waals surface area contributed by atoms with Gasteiger partial charge in [0.15, 0.2) is 0 Å². The van der Waals surface area contributed by atoms with Crippen LogP contribution in [0.25, 0.3) is 0 Å². The summed E-state index contributed by atoms with van der Waals surface area (Å²) in [5.41, 5.74) is 21.8. The minimum atomic E-state index is -3.34. The van der Waals surface area contributed by atoms with Crippen molar-refractivity contribution in [2.24, 2.45) is 22.9 Å². The molecule has 0 aromatic rings. The van der Waals surface area contributed by atoms with E-state index in [1.807, 2.05) is 48.5 Å². The third-order valence-corrected chi connectivity index (χ3v) is 17.3. The summed E-state index contributed by atoms with van der Waals surface area (Å²) in [6.07, 6.45) is 2.87. The van der Waals surface area contributed by atoms with Crippen molar-refractivity contribution in [3.63, 3.8) is 0 Å². The summed E-state index contributed by atoms with van der Waals surface area (Å²) in [5.74, 6) is 0. The highest BCUT2D eigenvalue weighted by molar-refractivity contribution is 6.74. The second-order valence-electron chi connectivity index (χ2n) is 9.84. The van der Waals surface area contributed by atoms with Gasteiger partial charge in [0.2, 0.25) is 0 Å². The summed E-state index contributed by atoms with van der Waals surface area (Å²) in [5, 5.41) is 7.57. The van der Waals surface area contributed by atoms with Crippen LogP contribution in [0.3, 0.4) is 0 Å². The standard InChI is InChI=1S/C12H32N2O5Si2.2C7H19NO3Si.C2H6O/c1-4-16-20(15,11-7-9-13)19-21(17-5-2,18-6-3)12-8-10-14;2*1-3-10-12(9,11-4-2)7-5-6-8;1-2-3/h15H,4-14H2,1-3H3;2*9H,3-8H2,1-2H3;3H,2H2,1H3. The predicted molar refractivity (Wildman–Crippen MR) is 199 cm³/mol. The summed E-state index contributed by atoms with van der Waals surface area (Å²) in [6, 6.07) is 2.11. The summed E-state index contributed by atoms with van der Waals surface area (Å²) in [6.45, 7) is 20.3. The van der Waals surface area contributed by atoms with Gasteiger partial charge in [-0.05, 0) is 107 Å². The first-order valence-electron chi connectivity index (χ1n) is 17.5. The lowest BCUT2D eigenvalue weighted by Crippen LogP contribution is -2.57. The number of aliphatic hydroxyl groups is 1. The number of aliphatic hydroxyl groups excluding tert-OH is 1. The maximum Gasteiger partial charge on any atom is 0.498 e. The molecule has 0 rings (SSSR count). The Kier molecular flexibility index (Phi) is 42.4. The van der Waals surface area contributed by atoms with E-state index in [0.29, 0.717) is 103 Å². The topological polar surface area (TPSA) is 259 Å². The third kappa shape index (κ3) is 32.2. The lowest BCUT2D eigenvalue weighted by molar-refractivity contribution is 0.0669. The second kappa shape index (κ2) is 37.0. The number of rotatable bonds is 28. The molecule has 0 aliphatic heterocycles. The van der Waals surface area contributed by atoms with E-state index in [1.54, 1.807) is 6.92 Å². The molecule has 0 saturated carbocycles. The van der Waals surface area contributed by atoms with Gasteiger partial charge in [-0.3, -0.25) is 0 Å². The molecule has 0 heterocycles. The first kappa shape index (κ1) is 55.0. The van der Waals surface area contributed by atoms with Crippen LogP contribution in [0, 0.1) is 0 Å². The second-order valence-corrected chi connectivity index (χ2v) is 20.3. The number of hydrogen-bond donors (Lipinski definition) is 8. The van der Waals surface area contributed by atoms with E-state index >= 15 is 0 Å². The molecule has 0 saturated heterocycles. The Morgan fingerprint density at radius 1 is 0.396 bits per heavy atom. The Hall–Kier alpha value is 0.228. The molecule has 0 aromatic carbocycles. The van der Waals surface area contributed by atoms with E-state index < -0.39 is 35.2 Å². The SMILES string of the molecule is CCO.CCO[Si](O)(CCCN)OCC.CCO[Si](O)(CCCN)OCC.CCO[Si](O)(CCCN)O[Si](CCCN)(OCC)OCC. The zero-order chi connectivity index (χ0) is 37.8. The van der Waals surface area contributed by atoms with Crippen molar-refractivity contribution in [3.05, 3.63) is 0 Å². The summed E-state index contributed by atoms with van der Waals surface area (Å²) < 4.78 is 43.9. The average Bonchev–Trinajstić information content (AvgIpc) is 3.03. The lowest BCUT2D eigenvalue weighted by atomic mass is 10.5. The van der Waals surface area contributed by atoms with Crippen molar-refractivity contribution in [2.45, 2.75) is 105 Å². The molecule has 0 amide bonds. The van der Waals surface area contributed by atoms with Crippen molar-refractivity contribution >= 4 is 35.2 Å². The Bertz CT molecular complexity index is 617. The Balaban J connectivity index is -0.000000307. The zero-order valence-corrected chi connectivity index (χ0v) is 35.5. The molecule has 1 atom stereocenters. The molecule has 20 heteroatoms. The molecule has 48 heavy (non-hydrogen) atoms. The van der Waals surface area contributed by atoms with Gasteiger partial charge in [-0.25, -0.2) is 0 Å². The van der Waals surface area contributed by atoms with Gasteiger partial charge >= 0.3 is 35.2 Å².